The molecule has 0 aliphatic rings. The Morgan fingerprint density at radius 3 is 2.80 bits per heavy atom. The van der Waals surface area contributed by atoms with Crippen molar-refractivity contribution in [2.75, 3.05) is 6.54 Å². The molecule has 2 rings (SSSR count). The van der Waals surface area contributed by atoms with Crippen LogP contribution in [-0.4, -0.2) is 28.6 Å². The summed E-state index contributed by atoms with van der Waals surface area (Å²) in [6.45, 7) is 1.67. The molecule has 8 heteroatoms. The fraction of sp³-hybridized carbons (Fsp3) is 0.176. The van der Waals surface area contributed by atoms with Gasteiger partial charge in [-0.05, 0) is 31.2 Å². The number of carbonyl (C=O) groups is 1. The van der Waals surface area contributed by atoms with Crippen LogP contribution < -0.4 is 10.1 Å². The number of benzene rings is 2. The first-order chi connectivity index (χ1) is 11.9. The van der Waals surface area contributed by atoms with Gasteiger partial charge in [0.05, 0.1) is 11.0 Å². The maximum absolute atomic E-state index is 12.0. The van der Waals surface area contributed by atoms with Gasteiger partial charge in [0, 0.05) is 24.2 Å². The highest BCUT2D eigenvalue weighted by Gasteiger charge is 2.13. The Bertz CT molecular complexity index is 842. The molecule has 0 aliphatic carbocycles. The molecule has 0 saturated heterocycles. The van der Waals surface area contributed by atoms with E-state index in [1.807, 2.05) is 6.07 Å². The van der Waals surface area contributed by atoms with E-state index in [2.05, 4.69) is 5.32 Å². The van der Waals surface area contributed by atoms with Crippen LogP contribution in [0.2, 0.25) is 0 Å². The maximum Gasteiger partial charge on any atom is 0.271 e. The van der Waals surface area contributed by atoms with Crippen molar-refractivity contribution in [3.63, 3.8) is 0 Å². The summed E-state index contributed by atoms with van der Waals surface area (Å²) < 4.78 is 5.58. The van der Waals surface area contributed by atoms with E-state index in [0.29, 0.717) is 11.3 Å². The molecule has 0 bridgehead atoms. The molecule has 0 aromatic heterocycles. The average molecular weight is 341 g/mol. The zero-order valence-corrected chi connectivity index (χ0v) is 13.3. The molecule has 2 aromatic carbocycles. The number of nitrogens with zero attached hydrogens (tertiary/aromatic N) is 2. The van der Waals surface area contributed by atoms with Gasteiger partial charge in [-0.25, -0.2) is 0 Å². The lowest BCUT2D eigenvalue weighted by Gasteiger charge is -2.10. The number of nitriles is 1. The molecule has 0 saturated carbocycles. The highest BCUT2D eigenvalue weighted by Crippen LogP contribution is 2.28. The summed E-state index contributed by atoms with van der Waals surface area (Å²) in [5.74, 6) is 0.0697. The van der Waals surface area contributed by atoms with Gasteiger partial charge in [-0.1, -0.05) is 6.07 Å². The second-order valence-corrected chi connectivity index (χ2v) is 5.24. The van der Waals surface area contributed by atoms with Gasteiger partial charge in [0.25, 0.3) is 11.6 Å². The molecule has 1 atom stereocenters. The zero-order chi connectivity index (χ0) is 18.4. The highest BCUT2D eigenvalue weighted by atomic mass is 16.6. The fourth-order valence-corrected chi connectivity index (χ4v) is 1.98. The number of aliphatic hydroxyl groups is 1. The van der Waals surface area contributed by atoms with Crippen molar-refractivity contribution in [1.29, 1.82) is 5.26 Å². The van der Waals surface area contributed by atoms with Crippen molar-refractivity contribution in [2.24, 2.45) is 0 Å². The van der Waals surface area contributed by atoms with E-state index in [4.69, 9.17) is 10.00 Å². The van der Waals surface area contributed by atoms with Crippen LogP contribution in [0.15, 0.2) is 42.5 Å². The van der Waals surface area contributed by atoms with Crippen LogP contribution in [0.1, 0.15) is 22.8 Å². The molecule has 0 heterocycles. The lowest BCUT2D eigenvalue weighted by molar-refractivity contribution is -0.384. The maximum atomic E-state index is 12.0. The Morgan fingerprint density at radius 1 is 1.40 bits per heavy atom. The smallest absolute Gasteiger partial charge is 0.271 e. The molecular weight excluding hydrogens is 326 g/mol. The molecule has 0 radical (unpaired) electrons. The van der Waals surface area contributed by atoms with Crippen LogP contribution in [0.3, 0.4) is 0 Å². The van der Waals surface area contributed by atoms with Gasteiger partial charge >= 0.3 is 0 Å². The van der Waals surface area contributed by atoms with Crippen molar-refractivity contribution in [3.8, 4) is 17.6 Å². The van der Waals surface area contributed by atoms with Crippen molar-refractivity contribution in [2.45, 2.75) is 13.0 Å². The molecule has 1 amide bonds. The van der Waals surface area contributed by atoms with Crippen LogP contribution in [-0.2, 0) is 0 Å². The summed E-state index contributed by atoms with van der Waals surface area (Å²) in [5, 5.41) is 31.6. The third-order valence-corrected chi connectivity index (χ3v) is 3.18. The monoisotopic (exact) mass is 341 g/mol. The third-order valence-electron chi connectivity index (χ3n) is 3.18. The van der Waals surface area contributed by atoms with Crippen LogP contribution in [0.25, 0.3) is 0 Å². The molecule has 0 aliphatic heterocycles. The first-order valence-corrected chi connectivity index (χ1v) is 7.33. The van der Waals surface area contributed by atoms with E-state index in [1.54, 1.807) is 25.1 Å². The molecule has 0 spiro atoms. The Labute approximate surface area is 143 Å². The molecule has 128 valence electrons. The Hall–Kier alpha value is -3.44. The van der Waals surface area contributed by atoms with Crippen molar-refractivity contribution >= 4 is 11.6 Å². The molecule has 8 nitrogen and oxygen atoms in total. The minimum absolute atomic E-state index is 0.0122. The van der Waals surface area contributed by atoms with E-state index in [1.165, 1.54) is 18.2 Å². The summed E-state index contributed by atoms with van der Waals surface area (Å²) in [4.78, 5) is 22.2. The second-order valence-electron chi connectivity index (χ2n) is 5.24. The van der Waals surface area contributed by atoms with Crippen molar-refractivity contribution in [3.05, 3.63) is 63.7 Å². The van der Waals surface area contributed by atoms with E-state index in [0.717, 1.165) is 6.07 Å². The first kappa shape index (κ1) is 17.9. The predicted octanol–water partition coefficient (Wildman–Crippen LogP) is 2.37. The number of ether oxygens (including phenoxy) is 1. The van der Waals surface area contributed by atoms with Crippen LogP contribution in [0.4, 0.5) is 5.69 Å². The Morgan fingerprint density at radius 2 is 2.16 bits per heavy atom. The number of nitrogens with one attached hydrogen (secondary N) is 1. The minimum Gasteiger partial charge on any atom is -0.456 e. The fourth-order valence-electron chi connectivity index (χ4n) is 1.98. The second kappa shape index (κ2) is 7.90. The van der Waals surface area contributed by atoms with Crippen molar-refractivity contribution < 1.29 is 19.6 Å². The number of hydrogen-bond donors (Lipinski definition) is 2. The van der Waals surface area contributed by atoms with E-state index in [-0.39, 0.29) is 29.5 Å². The molecule has 25 heavy (non-hydrogen) atoms. The van der Waals surface area contributed by atoms with Crippen LogP contribution >= 0.6 is 0 Å². The number of non-ortho nitro benzene ring substituents is 1. The Balaban J connectivity index is 2.21. The molecule has 1 unspecified atom stereocenters. The largest absolute Gasteiger partial charge is 0.456 e. The zero-order valence-electron chi connectivity index (χ0n) is 13.3. The highest BCUT2D eigenvalue weighted by molar-refractivity contribution is 5.94. The van der Waals surface area contributed by atoms with Gasteiger partial charge in [-0.15, -0.1) is 0 Å². The van der Waals surface area contributed by atoms with E-state index in [9.17, 15) is 20.0 Å². The summed E-state index contributed by atoms with van der Waals surface area (Å²) in [5.41, 5.74) is 0.117. The number of rotatable bonds is 6. The molecule has 2 N–H and O–H groups in total. The van der Waals surface area contributed by atoms with Gasteiger partial charge in [-0.3, -0.25) is 14.9 Å². The molecule has 0 fully saturated rings. The quantitative estimate of drug-likeness (QED) is 0.613. The van der Waals surface area contributed by atoms with E-state index >= 15 is 0 Å². The van der Waals surface area contributed by atoms with E-state index < -0.39 is 11.0 Å². The van der Waals surface area contributed by atoms with Gasteiger partial charge in [-0.2, -0.15) is 5.26 Å². The summed E-state index contributed by atoms with van der Waals surface area (Å²) in [6.07, 6.45) is -0.665. The molecule has 2 aromatic rings. The number of carbonyl (C=O) groups excluding carboxylic acids is 1. The lowest BCUT2D eigenvalue weighted by atomic mass is 10.2. The summed E-state index contributed by atoms with van der Waals surface area (Å²) >= 11 is 0. The van der Waals surface area contributed by atoms with Gasteiger partial charge in [0.1, 0.15) is 23.1 Å². The number of hydrogen-bond acceptors (Lipinski definition) is 6. The number of amides is 1. The Kier molecular flexibility index (Phi) is 5.66. The number of nitro benzene ring substituents is 1. The first-order valence-electron chi connectivity index (χ1n) is 7.33. The minimum atomic E-state index is -0.665. The van der Waals surface area contributed by atoms with Crippen LogP contribution in [0.5, 0.6) is 11.5 Å². The number of nitro groups is 1. The van der Waals surface area contributed by atoms with Gasteiger partial charge in [0.2, 0.25) is 0 Å². The summed E-state index contributed by atoms with van der Waals surface area (Å²) in [6, 6.07) is 11.8. The third kappa shape index (κ3) is 4.76. The standard InChI is InChI=1S/C17H15N3O5/c1-11(21)10-19-17(22)12-3-2-4-15(8-12)25-16-6-5-14(20(23)24)7-13(16)9-18/h2-8,11,21H,10H2,1H3,(H,19,22). The number of aliphatic hydroxyl groups excluding tert-OH is 1. The lowest BCUT2D eigenvalue weighted by Crippen LogP contribution is -2.30. The van der Waals surface area contributed by atoms with Gasteiger partial charge in [0.15, 0.2) is 0 Å². The van der Waals surface area contributed by atoms with Crippen LogP contribution in [0, 0.1) is 21.4 Å². The summed E-state index contributed by atoms with van der Waals surface area (Å²) in [7, 11) is 0. The molecular formula is C17H15N3O5. The predicted molar refractivity (Wildman–Crippen MR) is 88.3 cm³/mol. The topological polar surface area (TPSA) is 125 Å². The SMILES string of the molecule is CC(O)CNC(=O)c1cccc(Oc2ccc([N+](=O)[O-])cc2C#N)c1. The van der Waals surface area contributed by atoms with Crippen molar-refractivity contribution in [1.82, 2.24) is 5.32 Å². The normalized spacial score (nSPS) is 11.2. The average Bonchev–Trinajstić information content (AvgIpc) is 2.60. The van der Waals surface area contributed by atoms with Gasteiger partial charge < -0.3 is 15.2 Å².